The number of thiophene rings is 1. The Labute approximate surface area is 139 Å². The summed E-state index contributed by atoms with van der Waals surface area (Å²) in [5.41, 5.74) is 1.91. The summed E-state index contributed by atoms with van der Waals surface area (Å²) in [6.45, 7) is 8.10. The van der Waals surface area contributed by atoms with E-state index in [0.29, 0.717) is 6.54 Å². The first-order valence-electron chi connectivity index (χ1n) is 8.41. The molecule has 0 saturated carbocycles. The van der Waals surface area contributed by atoms with Crippen LogP contribution in [0.25, 0.3) is 15.7 Å². The third-order valence-electron chi connectivity index (χ3n) is 4.70. The second-order valence-corrected chi connectivity index (χ2v) is 7.61. The average molecular weight is 330 g/mol. The summed E-state index contributed by atoms with van der Waals surface area (Å²) in [6.07, 6.45) is 3.37. The molecule has 5 nitrogen and oxygen atoms in total. The summed E-state index contributed by atoms with van der Waals surface area (Å²) in [5.74, 6) is 0.967. The summed E-state index contributed by atoms with van der Waals surface area (Å²) >= 11 is 1.74. The lowest BCUT2D eigenvalue weighted by Crippen LogP contribution is -2.32. The zero-order valence-electron chi connectivity index (χ0n) is 13.7. The zero-order chi connectivity index (χ0) is 16.0. The van der Waals surface area contributed by atoms with Gasteiger partial charge in [-0.25, -0.2) is 4.68 Å². The molecular formula is C17H22N4OS. The van der Waals surface area contributed by atoms with Gasteiger partial charge in [0.25, 0.3) is 5.56 Å². The second kappa shape index (κ2) is 5.76. The van der Waals surface area contributed by atoms with Crippen molar-refractivity contribution < 1.29 is 0 Å². The molecule has 0 aromatic carbocycles. The molecule has 4 rings (SSSR count). The minimum atomic E-state index is 0.0300. The molecule has 1 aliphatic heterocycles. The molecule has 6 heteroatoms. The minimum Gasteiger partial charge on any atom is -0.301 e. The molecule has 4 heterocycles. The van der Waals surface area contributed by atoms with Gasteiger partial charge in [-0.3, -0.25) is 9.20 Å². The molecule has 1 aliphatic rings. The Morgan fingerprint density at radius 3 is 2.70 bits per heavy atom. The first kappa shape index (κ1) is 14.9. The highest BCUT2D eigenvalue weighted by Gasteiger charge is 2.16. The van der Waals surface area contributed by atoms with Crippen LogP contribution in [0.5, 0.6) is 0 Å². The van der Waals surface area contributed by atoms with E-state index in [0.717, 1.165) is 42.9 Å². The minimum absolute atomic E-state index is 0.0300. The third kappa shape index (κ3) is 2.50. The molecule has 0 unspecified atom stereocenters. The van der Waals surface area contributed by atoms with E-state index in [-0.39, 0.29) is 5.56 Å². The SMILES string of the molecule is CCc1nn(CCN2CCCC2)c(=O)c2cc3sc(C)cc3n12. The van der Waals surface area contributed by atoms with E-state index in [1.54, 1.807) is 16.0 Å². The van der Waals surface area contributed by atoms with E-state index in [1.165, 1.54) is 22.4 Å². The smallest absolute Gasteiger partial charge is 0.291 e. The standard InChI is InChI=1S/C17H22N4OS/c1-3-16-18-20(9-8-19-6-4-5-7-19)17(22)14-11-15-13(21(14)16)10-12(2)23-15/h10-11H,3-9H2,1-2H3. The molecule has 0 atom stereocenters. The van der Waals surface area contributed by atoms with Crippen molar-refractivity contribution in [3.05, 3.63) is 33.2 Å². The van der Waals surface area contributed by atoms with E-state index < -0.39 is 0 Å². The fourth-order valence-electron chi connectivity index (χ4n) is 3.54. The predicted octanol–water partition coefficient (Wildman–Crippen LogP) is 2.68. The van der Waals surface area contributed by atoms with Crippen LogP contribution in [-0.2, 0) is 13.0 Å². The van der Waals surface area contributed by atoms with Crippen LogP contribution in [0.1, 0.15) is 30.5 Å². The molecule has 23 heavy (non-hydrogen) atoms. The molecule has 0 bridgehead atoms. The fourth-order valence-corrected chi connectivity index (χ4v) is 4.48. The number of likely N-dealkylation sites (tertiary alicyclic amines) is 1. The Hall–Kier alpha value is -1.66. The highest BCUT2D eigenvalue weighted by molar-refractivity contribution is 7.19. The van der Waals surface area contributed by atoms with Gasteiger partial charge >= 0.3 is 0 Å². The lowest BCUT2D eigenvalue weighted by atomic mass is 10.4. The first-order valence-corrected chi connectivity index (χ1v) is 9.23. The van der Waals surface area contributed by atoms with Crippen LogP contribution < -0.4 is 5.56 Å². The van der Waals surface area contributed by atoms with E-state index in [4.69, 9.17) is 0 Å². The number of hydrogen-bond donors (Lipinski definition) is 0. The Morgan fingerprint density at radius 2 is 1.96 bits per heavy atom. The molecule has 3 aromatic rings. The lowest BCUT2D eigenvalue weighted by molar-refractivity contribution is 0.311. The molecule has 0 spiro atoms. The number of aromatic nitrogens is 3. The molecular weight excluding hydrogens is 308 g/mol. The molecule has 0 amide bonds. The van der Waals surface area contributed by atoms with E-state index in [9.17, 15) is 4.79 Å². The first-order chi connectivity index (χ1) is 11.2. The molecule has 1 fully saturated rings. The van der Waals surface area contributed by atoms with Gasteiger partial charge in [0, 0.05) is 17.8 Å². The Morgan fingerprint density at radius 1 is 1.17 bits per heavy atom. The van der Waals surface area contributed by atoms with Gasteiger partial charge in [-0.05, 0) is 45.0 Å². The summed E-state index contributed by atoms with van der Waals surface area (Å²) in [7, 11) is 0. The Bertz CT molecular complexity index is 914. The second-order valence-electron chi connectivity index (χ2n) is 6.32. The highest BCUT2D eigenvalue weighted by Crippen LogP contribution is 2.28. The van der Waals surface area contributed by atoms with Gasteiger partial charge in [-0.1, -0.05) is 6.92 Å². The number of nitrogens with zero attached hydrogens (tertiary/aromatic N) is 4. The molecule has 0 radical (unpaired) electrons. The number of fused-ring (bicyclic) bond motifs is 3. The Balaban J connectivity index is 1.79. The maximum atomic E-state index is 12.8. The summed E-state index contributed by atoms with van der Waals surface area (Å²) < 4.78 is 4.89. The van der Waals surface area contributed by atoms with E-state index in [1.807, 2.05) is 10.5 Å². The van der Waals surface area contributed by atoms with Gasteiger partial charge in [0.2, 0.25) is 0 Å². The van der Waals surface area contributed by atoms with Gasteiger partial charge in [-0.15, -0.1) is 11.3 Å². The Kier molecular flexibility index (Phi) is 3.73. The molecule has 0 N–H and O–H groups in total. The van der Waals surface area contributed by atoms with Crippen LogP contribution in [0.4, 0.5) is 0 Å². The summed E-state index contributed by atoms with van der Waals surface area (Å²) in [4.78, 5) is 16.5. The van der Waals surface area contributed by atoms with Crippen molar-refractivity contribution >= 4 is 27.1 Å². The van der Waals surface area contributed by atoms with Crippen LogP contribution >= 0.6 is 11.3 Å². The van der Waals surface area contributed by atoms with Gasteiger partial charge in [0.05, 0.1) is 16.8 Å². The van der Waals surface area contributed by atoms with Crippen molar-refractivity contribution in [1.29, 1.82) is 0 Å². The number of rotatable bonds is 4. The molecule has 1 saturated heterocycles. The highest BCUT2D eigenvalue weighted by atomic mass is 32.1. The van der Waals surface area contributed by atoms with Crippen LogP contribution in [0.3, 0.4) is 0 Å². The predicted molar refractivity (Wildman–Crippen MR) is 94.6 cm³/mol. The average Bonchev–Trinajstić information content (AvgIpc) is 3.23. The van der Waals surface area contributed by atoms with Gasteiger partial charge in [-0.2, -0.15) is 5.10 Å². The normalized spacial score (nSPS) is 16.1. The van der Waals surface area contributed by atoms with Crippen molar-refractivity contribution in [2.24, 2.45) is 0 Å². The van der Waals surface area contributed by atoms with Crippen molar-refractivity contribution in [2.75, 3.05) is 19.6 Å². The zero-order valence-corrected chi connectivity index (χ0v) is 14.5. The van der Waals surface area contributed by atoms with Crippen molar-refractivity contribution in [1.82, 2.24) is 19.1 Å². The van der Waals surface area contributed by atoms with Crippen molar-refractivity contribution in [2.45, 2.75) is 39.7 Å². The van der Waals surface area contributed by atoms with Gasteiger partial charge in [0.15, 0.2) is 0 Å². The number of hydrogen-bond acceptors (Lipinski definition) is 4. The van der Waals surface area contributed by atoms with Gasteiger partial charge < -0.3 is 4.90 Å². The number of aryl methyl sites for hydroxylation is 2. The van der Waals surface area contributed by atoms with Crippen LogP contribution in [-0.4, -0.2) is 38.7 Å². The quantitative estimate of drug-likeness (QED) is 0.739. The monoisotopic (exact) mass is 330 g/mol. The molecule has 3 aromatic heterocycles. The van der Waals surface area contributed by atoms with E-state index in [2.05, 4.69) is 29.9 Å². The topological polar surface area (TPSA) is 42.5 Å². The lowest BCUT2D eigenvalue weighted by Gasteiger charge is -2.15. The van der Waals surface area contributed by atoms with E-state index >= 15 is 0 Å². The maximum absolute atomic E-state index is 12.8. The largest absolute Gasteiger partial charge is 0.301 e. The van der Waals surface area contributed by atoms with Crippen LogP contribution in [0, 0.1) is 6.92 Å². The van der Waals surface area contributed by atoms with Crippen molar-refractivity contribution in [3.8, 4) is 0 Å². The fraction of sp³-hybridized carbons (Fsp3) is 0.529. The molecule has 122 valence electrons. The van der Waals surface area contributed by atoms with Crippen molar-refractivity contribution in [3.63, 3.8) is 0 Å². The van der Waals surface area contributed by atoms with Crippen LogP contribution in [0.15, 0.2) is 16.9 Å². The van der Waals surface area contributed by atoms with Gasteiger partial charge in [0.1, 0.15) is 11.3 Å². The maximum Gasteiger partial charge on any atom is 0.291 e. The van der Waals surface area contributed by atoms with Crippen LogP contribution in [0.2, 0.25) is 0 Å². The molecule has 0 aliphatic carbocycles. The summed E-state index contributed by atoms with van der Waals surface area (Å²) in [5, 5.41) is 4.66. The summed E-state index contributed by atoms with van der Waals surface area (Å²) in [6, 6.07) is 4.18. The third-order valence-corrected chi connectivity index (χ3v) is 5.69.